The Hall–Kier alpha value is -2.15. The van der Waals surface area contributed by atoms with Gasteiger partial charge in [0.2, 0.25) is 0 Å². The van der Waals surface area contributed by atoms with Crippen molar-refractivity contribution in [2.24, 2.45) is 17.8 Å². The molecule has 0 aromatic heterocycles. The second-order valence-electron chi connectivity index (χ2n) is 15.1. The topological polar surface area (TPSA) is 177 Å². The second kappa shape index (κ2) is 19.9. The summed E-state index contributed by atoms with van der Waals surface area (Å²) in [5, 5.41) is 38.3. The lowest BCUT2D eigenvalue weighted by atomic mass is 9.96. The normalized spacial score (nSPS) is 14.5. The van der Waals surface area contributed by atoms with E-state index in [9.17, 15) is 39.6 Å². The zero-order valence-electron chi connectivity index (χ0n) is 30.3. The van der Waals surface area contributed by atoms with Crippen molar-refractivity contribution in [3.05, 3.63) is 30.3 Å². The van der Waals surface area contributed by atoms with E-state index in [0.717, 1.165) is 24.1 Å². The SMILES string of the molecule is CCC(C)CC[Si](C)(C)O[Si](O[Si](C)(C)CCCC(CC(=O)O)CC(=O)O)(O[Si](C)(C)CCC(CC(=O)O)CC(=O)O)c1ccccc1. The van der Waals surface area contributed by atoms with E-state index >= 15 is 0 Å². The van der Waals surface area contributed by atoms with Crippen molar-refractivity contribution in [2.45, 2.75) is 129 Å². The Morgan fingerprint density at radius 2 is 0.979 bits per heavy atom. The standard InChI is InChI=1S/C33H60O11Si4/c1-9-26(2)17-20-46(5,6)43-48(29-15-11-10-12-16-29,44-47(7,8)21-18-28(24-32(38)39)25-33(40)41)42-45(3,4)19-13-14-27(22-30(34)35)23-31(36)37/h10-12,15-16,26-28H,9,13-14,17-25H2,1-8H3,(H,34,35)(H,36,37)(H,38,39)(H,40,41). The van der Waals surface area contributed by atoms with Crippen LogP contribution in [0.1, 0.15) is 71.6 Å². The van der Waals surface area contributed by atoms with Gasteiger partial charge in [0.15, 0.2) is 25.0 Å². The van der Waals surface area contributed by atoms with Crippen LogP contribution in [-0.4, -0.2) is 78.1 Å². The third-order valence-corrected chi connectivity index (χ3v) is 24.1. The average Bonchev–Trinajstić information content (AvgIpc) is 2.93. The average molecular weight is 745 g/mol. The van der Waals surface area contributed by atoms with Gasteiger partial charge in [0, 0.05) is 30.9 Å². The molecule has 0 heterocycles. The van der Waals surface area contributed by atoms with E-state index in [1.807, 2.05) is 43.4 Å². The summed E-state index contributed by atoms with van der Waals surface area (Å²) in [5.74, 6) is -4.56. The molecule has 0 aliphatic heterocycles. The van der Waals surface area contributed by atoms with Gasteiger partial charge in [0.25, 0.3) is 0 Å². The molecule has 0 saturated carbocycles. The summed E-state index contributed by atoms with van der Waals surface area (Å²) in [6, 6.07) is 11.8. The van der Waals surface area contributed by atoms with Crippen molar-refractivity contribution in [1.82, 2.24) is 0 Å². The zero-order chi connectivity index (χ0) is 36.8. The summed E-state index contributed by atoms with van der Waals surface area (Å²) in [6.07, 6.45) is 2.65. The lowest BCUT2D eigenvalue weighted by Gasteiger charge is -2.45. The van der Waals surface area contributed by atoms with E-state index in [1.165, 1.54) is 0 Å². The number of aliphatic carboxylic acids is 4. The van der Waals surface area contributed by atoms with Gasteiger partial charge in [0.1, 0.15) is 0 Å². The molecule has 2 atom stereocenters. The largest absolute Gasteiger partial charge is 0.505 e. The third kappa shape index (κ3) is 18.0. The number of hydrogen-bond acceptors (Lipinski definition) is 7. The fraction of sp³-hybridized carbons (Fsp3) is 0.697. The Kier molecular flexibility index (Phi) is 18.2. The van der Waals surface area contributed by atoms with Gasteiger partial charge in [-0.25, -0.2) is 0 Å². The fourth-order valence-corrected chi connectivity index (χ4v) is 22.8. The highest BCUT2D eigenvalue weighted by atomic mass is 28.5. The van der Waals surface area contributed by atoms with Crippen molar-refractivity contribution in [1.29, 1.82) is 0 Å². The van der Waals surface area contributed by atoms with E-state index in [0.29, 0.717) is 37.3 Å². The minimum Gasteiger partial charge on any atom is -0.481 e. The smallest absolute Gasteiger partial charge is 0.481 e. The van der Waals surface area contributed by atoms with Crippen LogP contribution in [0.4, 0.5) is 0 Å². The molecular weight excluding hydrogens is 685 g/mol. The van der Waals surface area contributed by atoms with Crippen molar-refractivity contribution in [3.63, 3.8) is 0 Å². The molecule has 274 valence electrons. The summed E-state index contributed by atoms with van der Waals surface area (Å²) in [7, 11) is -11.4. The summed E-state index contributed by atoms with van der Waals surface area (Å²) in [5.41, 5.74) is 0. The van der Waals surface area contributed by atoms with Crippen LogP contribution >= 0.6 is 0 Å². The highest BCUT2D eigenvalue weighted by molar-refractivity contribution is 6.96. The summed E-state index contributed by atoms with van der Waals surface area (Å²) in [4.78, 5) is 45.8. The quantitative estimate of drug-likeness (QED) is 0.0704. The Morgan fingerprint density at radius 3 is 1.38 bits per heavy atom. The van der Waals surface area contributed by atoms with Crippen LogP contribution in [0.15, 0.2) is 30.3 Å². The molecular formula is C33H60O11Si4. The predicted molar refractivity (Wildman–Crippen MR) is 196 cm³/mol. The number of rotatable bonds is 26. The molecule has 1 aromatic carbocycles. The first-order chi connectivity index (χ1) is 22.1. The van der Waals surface area contributed by atoms with E-state index in [1.54, 1.807) is 0 Å². The lowest BCUT2D eigenvalue weighted by molar-refractivity contribution is -0.142. The molecule has 0 fully saturated rings. The molecule has 0 spiro atoms. The number of benzene rings is 1. The number of carboxylic acids is 4. The van der Waals surface area contributed by atoms with Crippen molar-refractivity contribution >= 4 is 62.8 Å². The Labute approximate surface area is 291 Å². The first kappa shape index (κ1) is 43.9. The van der Waals surface area contributed by atoms with Crippen LogP contribution in [0.5, 0.6) is 0 Å². The van der Waals surface area contributed by atoms with Crippen molar-refractivity contribution in [3.8, 4) is 0 Å². The molecule has 15 heteroatoms. The van der Waals surface area contributed by atoms with Gasteiger partial charge in [-0.2, -0.15) is 0 Å². The predicted octanol–water partition coefficient (Wildman–Crippen LogP) is 7.24. The summed E-state index contributed by atoms with van der Waals surface area (Å²) in [6.45, 7) is 17.1. The molecule has 0 aliphatic carbocycles. The van der Waals surface area contributed by atoms with Gasteiger partial charge in [-0.1, -0.05) is 63.4 Å². The number of hydrogen-bond donors (Lipinski definition) is 4. The Morgan fingerprint density at radius 1 is 0.604 bits per heavy atom. The minimum absolute atomic E-state index is 0.204. The number of carboxylic acid groups (broad SMARTS) is 4. The Balaban J connectivity index is 3.53. The van der Waals surface area contributed by atoms with Gasteiger partial charge in [-0.15, -0.1) is 0 Å². The summed E-state index contributed by atoms with van der Waals surface area (Å²) < 4.78 is 21.8. The van der Waals surface area contributed by atoms with Crippen molar-refractivity contribution in [2.75, 3.05) is 0 Å². The van der Waals surface area contributed by atoms with Crippen LogP contribution in [0, 0.1) is 17.8 Å². The van der Waals surface area contributed by atoms with Gasteiger partial charge in [0.05, 0.1) is 0 Å². The van der Waals surface area contributed by atoms with E-state index in [-0.39, 0.29) is 25.7 Å². The molecule has 48 heavy (non-hydrogen) atoms. The monoisotopic (exact) mass is 744 g/mol. The molecule has 1 aromatic rings. The maximum absolute atomic E-state index is 11.5. The highest BCUT2D eigenvalue weighted by Gasteiger charge is 2.54. The highest BCUT2D eigenvalue weighted by Crippen LogP contribution is 2.33. The van der Waals surface area contributed by atoms with Crippen LogP contribution in [-0.2, 0) is 31.5 Å². The van der Waals surface area contributed by atoms with Gasteiger partial charge in [-0.05, 0) is 88.0 Å². The molecule has 11 nitrogen and oxygen atoms in total. The Bertz CT molecular complexity index is 1150. The van der Waals surface area contributed by atoms with E-state index in [4.69, 9.17) is 12.3 Å². The molecule has 0 amide bonds. The van der Waals surface area contributed by atoms with Crippen LogP contribution in [0.2, 0.25) is 57.4 Å². The first-order valence-electron chi connectivity index (χ1n) is 17.1. The van der Waals surface area contributed by atoms with Gasteiger partial charge in [-0.3, -0.25) is 19.2 Å². The molecule has 0 saturated heterocycles. The third-order valence-electron chi connectivity index (χ3n) is 8.69. The molecule has 0 radical (unpaired) electrons. The second-order valence-corrected chi connectivity index (χ2v) is 31.3. The lowest BCUT2D eigenvalue weighted by Crippen LogP contribution is -2.68. The van der Waals surface area contributed by atoms with Crippen molar-refractivity contribution < 1.29 is 51.9 Å². The molecule has 2 unspecified atom stereocenters. The number of carbonyl (C=O) groups is 4. The molecule has 4 N–H and O–H groups in total. The zero-order valence-corrected chi connectivity index (χ0v) is 34.3. The van der Waals surface area contributed by atoms with Crippen LogP contribution in [0.25, 0.3) is 0 Å². The summed E-state index contributed by atoms with van der Waals surface area (Å²) >= 11 is 0. The fourth-order valence-electron chi connectivity index (χ4n) is 5.83. The maximum atomic E-state index is 11.5. The van der Waals surface area contributed by atoms with Crippen LogP contribution < -0.4 is 5.19 Å². The minimum atomic E-state index is -3.66. The molecule has 0 aliphatic rings. The first-order valence-corrected chi connectivity index (χ1v) is 28.2. The van der Waals surface area contributed by atoms with E-state index < -0.39 is 69.5 Å². The molecule has 1 rings (SSSR count). The van der Waals surface area contributed by atoms with E-state index in [2.05, 4.69) is 40.0 Å². The van der Waals surface area contributed by atoms with Crippen LogP contribution in [0.3, 0.4) is 0 Å². The molecule has 0 bridgehead atoms. The van der Waals surface area contributed by atoms with Gasteiger partial charge >= 0.3 is 32.7 Å². The maximum Gasteiger partial charge on any atom is 0.505 e. The van der Waals surface area contributed by atoms with Gasteiger partial charge < -0.3 is 32.8 Å².